The summed E-state index contributed by atoms with van der Waals surface area (Å²) in [5, 5.41) is 3.28. The summed E-state index contributed by atoms with van der Waals surface area (Å²) in [6.07, 6.45) is 0. The van der Waals surface area contributed by atoms with Gasteiger partial charge in [0.05, 0.1) is 15.9 Å². The molecular weight excluding hydrogens is 787 g/mol. The molecule has 0 unspecified atom stereocenters. The molecule has 12 rings (SSSR count). The monoisotopic (exact) mass is 823 g/mol. The van der Waals surface area contributed by atoms with E-state index in [0.29, 0.717) is 5.82 Å². The Balaban J connectivity index is 0.972. The SMILES string of the molecule is c1ccc(-c2ccc(N(c3cccc(-c4ccccc4)c3)c3ccc4c(c3)oc3cccc(-c5cccc(-c6nc(-c7ccccc7)c7sc8ccccc8c7n6)c5)c34)cc2)cc1. The molecule has 296 valence electrons. The number of nitrogens with zero attached hydrogens (tertiary/aromatic N) is 3. The summed E-state index contributed by atoms with van der Waals surface area (Å²) in [6, 6.07) is 79.1. The summed E-state index contributed by atoms with van der Waals surface area (Å²) in [5.41, 5.74) is 15.6. The molecule has 0 fully saturated rings. The van der Waals surface area contributed by atoms with Crippen molar-refractivity contribution in [3.63, 3.8) is 0 Å². The summed E-state index contributed by atoms with van der Waals surface area (Å²) in [5.74, 6) is 0.703. The maximum atomic E-state index is 6.76. The van der Waals surface area contributed by atoms with Crippen molar-refractivity contribution in [2.24, 2.45) is 0 Å². The number of hydrogen-bond acceptors (Lipinski definition) is 5. The third kappa shape index (κ3) is 6.63. The molecular formula is C58H37N3OS. The van der Waals surface area contributed by atoms with Crippen molar-refractivity contribution in [3.05, 3.63) is 224 Å². The van der Waals surface area contributed by atoms with Gasteiger partial charge in [0.15, 0.2) is 5.82 Å². The maximum Gasteiger partial charge on any atom is 0.160 e. The van der Waals surface area contributed by atoms with Crippen LogP contribution >= 0.6 is 11.3 Å². The summed E-state index contributed by atoms with van der Waals surface area (Å²) in [7, 11) is 0. The first-order valence-corrected chi connectivity index (χ1v) is 22.0. The second-order valence-electron chi connectivity index (χ2n) is 15.7. The lowest BCUT2D eigenvalue weighted by Gasteiger charge is -2.26. The van der Waals surface area contributed by atoms with Crippen LogP contribution in [-0.4, -0.2) is 9.97 Å². The first-order valence-electron chi connectivity index (χ1n) is 21.1. The van der Waals surface area contributed by atoms with E-state index in [1.165, 1.54) is 21.4 Å². The molecule has 0 N–H and O–H groups in total. The minimum absolute atomic E-state index is 0.703. The zero-order valence-electron chi connectivity index (χ0n) is 34.0. The van der Waals surface area contributed by atoms with Gasteiger partial charge >= 0.3 is 0 Å². The van der Waals surface area contributed by atoms with Crippen LogP contribution in [0.5, 0.6) is 0 Å². The number of aromatic nitrogens is 2. The number of hydrogen-bond donors (Lipinski definition) is 0. The molecule has 4 nitrogen and oxygen atoms in total. The molecule has 5 heteroatoms. The highest BCUT2D eigenvalue weighted by atomic mass is 32.1. The number of fused-ring (bicyclic) bond motifs is 6. The standard InChI is InChI=1S/C58H37N3OS/c1-4-15-38(16-5-1)40-29-31-45(32-30-40)61(46-24-13-21-42(36-46)39-17-6-2-7-18-39)47-33-34-49-52(37-47)62-51-27-14-26-48(54(49)51)43-22-12-23-44(35-43)58-59-55(41-19-8-3-9-20-41)57-56(60-58)50-25-10-11-28-53(50)63-57/h1-37H. The van der Waals surface area contributed by atoms with Gasteiger partial charge in [0.1, 0.15) is 11.2 Å². The van der Waals surface area contributed by atoms with Crippen LogP contribution in [-0.2, 0) is 0 Å². The predicted octanol–water partition coefficient (Wildman–Crippen LogP) is 16.5. The summed E-state index contributed by atoms with van der Waals surface area (Å²) in [6.45, 7) is 0. The van der Waals surface area contributed by atoms with E-state index < -0.39 is 0 Å². The Labute approximate surface area is 368 Å². The van der Waals surface area contributed by atoms with Gasteiger partial charge in [-0.15, -0.1) is 11.3 Å². The molecule has 12 aromatic rings. The van der Waals surface area contributed by atoms with Crippen molar-refractivity contribution in [1.82, 2.24) is 9.97 Å². The lowest BCUT2D eigenvalue weighted by molar-refractivity contribution is 0.669. The lowest BCUT2D eigenvalue weighted by Crippen LogP contribution is -2.10. The van der Waals surface area contributed by atoms with Gasteiger partial charge in [0, 0.05) is 55.1 Å². The van der Waals surface area contributed by atoms with Crippen molar-refractivity contribution in [3.8, 4) is 56.0 Å². The molecule has 0 bridgehead atoms. The Morgan fingerprint density at radius 3 is 1.78 bits per heavy atom. The number of benzene rings is 9. The minimum Gasteiger partial charge on any atom is -0.456 e. The predicted molar refractivity (Wildman–Crippen MR) is 264 cm³/mol. The molecule has 3 heterocycles. The second kappa shape index (κ2) is 15.4. The zero-order valence-corrected chi connectivity index (χ0v) is 34.8. The van der Waals surface area contributed by atoms with Crippen LogP contribution in [0, 0.1) is 0 Å². The van der Waals surface area contributed by atoms with Crippen LogP contribution in [0.15, 0.2) is 229 Å². The van der Waals surface area contributed by atoms with Gasteiger partial charge in [0.2, 0.25) is 0 Å². The first-order chi connectivity index (χ1) is 31.2. The lowest BCUT2D eigenvalue weighted by atomic mass is 9.97. The second-order valence-corrected chi connectivity index (χ2v) is 16.8. The normalized spacial score (nSPS) is 11.5. The molecule has 0 saturated carbocycles. The van der Waals surface area contributed by atoms with Crippen molar-refractivity contribution in [1.29, 1.82) is 0 Å². The van der Waals surface area contributed by atoms with Crippen molar-refractivity contribution >= 4 is 70.6 Å². The van der Waals surface area contributed by atoms with E-state index >= 15 is 0 Å². The van der Waals surface area contributed by atoms with Gasteiger partial charge in [-0.1, -0.05) is 164 Å². The zero-order chi connectivity index (χ0) is 41.7. The van der Waals surface area contributed by atoms with Gasteiger partial charge < -0.3 is 9.32 Å². The average molecular weight is 824 g/mol. The highest BCUT2D eigenvalue weighted by molar-refractivity contribution is 7.26. The maximum absolute atomic E-state index is 6.76. The van der Waals surface area contributed by atoms with Crippen LogP contribution in [0.3, 0.4) is 0 Å². The third-order valence-corrected chi connectivity index (χ3v) is 13.0. The molecule has 0 aliphatic heterocycles. The quantitative estimate of drug-likeness (QED) is 0.153. The number of rotatable bonds is 8. The Morgan fingerprint density at radius 1 is 0.381 bits per heavy atom. The molecule has 0 atom stereocenters. The Hall–Kier alpha value is -8.12. The molecule has 0 amide bonds. The van der Waals surface area contributed by atoms with Gasteiger partial charge in [0.25, 0.3) is 0 Å². The van der Waals surface area contributed by atoms with E-state index in [0.717, 1.165) is 88.1 Å². The van der Waals surface area contributed by atoms with Gasteiger partial charge in [-0.3, -0.25) is 0 Å². The molecule has 9 aromatic carbocycles. The van der Waals surface area contributed by atoms with E-state index in [1.54, 1.807) is 11.3 Å². The topological polar surface area (TPSA) is 42.2 Å². The van der Waals surface area contributed by atoms with Crippen LogP contribution in [0.1, 0.15) is 0 Å². The number of anilines is 3. The molecule has 3 aromatic heterocycles. The Morgan fingerprint density at radius 2 is 0.984 bits per heavy atom. The molecule has 0 aliphatic carbocycles. The Bertz CT molecular complexity index is 3620. The van der Waals surface area contributed by atoms with E-state index in [9.17, 15) is 0 Å². The van der Waals surface area contributed by atoms with Crippen molar-refractivity contribution in [2.45, 2.75) is 0 Å². The largest absolute Gasteiger partial charge is 0.456 e. The third-order valence-electron chi connectivity index (χ3n) is 11.9. The summed E-state index contributed by atoms with van der Waals surface area (Å²) >= 11 is 1.75. The highest BCUT2D eigenvalue weighted by Crippen LogP contribution is 2.44. The van der Waals surface area contributed by atoms with E-state index in [4.69, 9.17) is 14.4 Å². The average Bonchev–Trinajstić information content (AvgIpc) is 3.93. The van der Waals surface area contributed by atoms with Gasteiger partial charge in [-0.2, -0.15) is 0 Å². The van der Waals surface area contributed by atoms with Crippen LogP contribution < -0.4 is 4.90 Å². The number of furan rings is 1. The van der Waals surface area contributed by atoms with Gasteiger partial charge in [-0.25, -0.2) is 9.97 Å². The first kappa shape index (κ1) is 36.7. The molecule has 0 aliphatic rings. The smallest absolute Gasteiger partial charge is 0.160 e. The Kier molecular flexibility index (Phi) is 8.98. The molecule has 63 heavy (non-hydrogen) atoms. The fourth-order valence-electron chi connectivity index (χ4n) is 8.87. The molecule has 0 radical (unpaired) electrons. The van der Waals surface area contributed by atoms with Gasteiger partial charge in [-0.05, 0) is 88.0 Å². The van der Waals surface area contributed by atoms with E-state index in [2.05, 4.69) is 223 Å². The van der Waals surface area contributed by atoms with Crippen molar-refractivity contribution < 1.29 is 4.42 Å². The highest BCUT2D eigenvalue weighted by Gasteiger charge is 2.20. The van der Waals surface area contributed by atoms with Crippen LogP contribution in [0.25, 0.3) is 98.3 Å². The molecule has 0 saturated heterocycles. The fraction of sp³-hybridized carbons (Fsp3) is 0. The summed E-state index contributed by atoms with van der Waals surface area (Å²) < 4.78 is 9.06. The number of thiophene rings is 1. The van der Waals surface area contributed by atoms with Crippen molar-refractivity contribution in [2.75, 3.05) is 4.90 Å². The minimum atomic E-state index is 0.703. The van der Waals surface area contributed by atoms with E-state index in [1.807, 2.05) is 6.07 Å². The van der Waals surface area contributed by atoms with Crippen LogP contribution in [0.2, 0.25) is 0 Å². The van der Waals surface area contributed by atoms with Crippen LogP contribution in [0.4, 0.5) is 17.1 Å². The molecule has 0 spiro atoms. The summed E-state index contributed by atoms with van der Waals surface area (Å²) in [4.78, 5) is 12.8. The van der Waals surface area contributed by atoms with E-state index in [-0.39, 0.29) is 0 Å². The fourth-order valence-corrected chi connectivity index (χ4v) is 10.0.